The highest BCUT2D eigenvalue weighted by Gasteiger charge is 2.23. The van der Waals surface area contributed by atoms with Crippen LogP contribution in [0.15, 0.2) is 12.2 Å². The summed E-state index contributed by atoms with van der Waals surface area (Å²) >= 11 is 0. The molecule has 3 heteroatoms. The highest BCUT2D eigenvalue weighted by molar-refractivity contribution is 5.05. The highest BCUT2D eigenvalue weighted by Crippen LogP contribution is 2.20. The molecule has 1 heterocycles. The second-order valence-electron chi connectivity index (χ2n) is 5.00. The molecule has 0 amide bonds. The summed E-state index contributed by atoms with van der Waals surface area (Å²) in [5.41, 5.74) is 5.87. The first-order valence-corrected chi connectivity index (χ1v) is 6.55. The van der Waals surface area contributed by atoms with Gasteiger partial charge in [0.05, 0.1) is 6.10 Å². The minimum absolute atomic E-state index is 0.297. The molecule has 3 nitrogen and oxygen atoms in total. The lowest BCUT2D eigenvalue weighted by Gasteiger charge is -2.33. The molecule has 0 radical (unpaired) electrons. The van der Waals surface area contributed by atoms with Crippen molar-refractivity contribution in [3.05, 3.63) is 12.2 Å². The summed E-state index contributed by atoms with van der Waals surface area (Å²) in [5.74, 6) is 0.679. The highest BCUT2D eigenvalue weighted by atomic mass is 16.5. The molecule has 92 valence electrons. The van der Waals surface area contributed by atoms with Crippen LogP contribution in [0.2, 0.25) is 0 Å². The van der Waals surface area contributed by atoms with Crippen molar-refractivity contribution in [2.24, 2.45) is 11.7 Å². The van der Waals surface area contributed by atoms with Gasteiger partial charge in [0.2, 0.25) is 0 Å². The van der Waals surface area contributed by atoms with Gasteiger partial charge in [0.15, 0.2) is 0 Å². The van der Waals surface area contributed by atoms with Gasteiger partial charge in [-0.05, 0) is 32.1 Å². The van der Waals surface area contributed by atoms with Crippen LogP contribution < -0.4 is 5.73 Å². The Balaban J connectivity index is 1.67. The topological polar surface area (TPSA) is 38.5 Å². The molecule has 2 N–H and O–H groups in total. The Hall–Kier alpha value is -0.380. The monoisotopic (exact) mass is 224 g/mol. The number of rotatable bonds is 4. The molecule has 1 aliphatic carbocycles. The molecule has 0 bridgehead atoms. The van der Waals surface area contributed by atoms with Gasteiger partial charge in [0.1, 0.15) is 0 Å². The maximum absolute atomic E-state index is 5.87. The van der Waals surface area contributed by atoms with Gasteiger partial charge in [0, 0.05) is 32.3 Å². The van der Waals surface area contributed by atoms with Crippen molar-refractivity contribution in [1.29, 1.82) is 0 Å². The second kappa shape index (κ2) is 5.80. The maximum Gasteiger partial charge on any atom is 0.0599 e. The number of hydrogen-bond donors (Lipinski definition) is 1. The minimum Gasteiger partial charge on any atom is -0.378 e. The van der Waals surface area contributed by atoms with Crippen LogP contribution in [0.4, 0.5) is 0 Å². The summed E-state index contributed by atoms with van der Waals surface area (Å²) in [5, 5.41) is 0. The van der Waals surface area contributed by atoms with Gasteiger partial charge in [-0.3, -0.25) is 0 Å². The number of nitrogens with zero attached hydrogens (tertiary/aromatic N) is 1. The minimum atomic E-state index is 0.297. The zero-order valence-corrected chi connectivity index (χ0v) is 10.3. The molecule has 2 rings (SSSR count). The van der Waals surface area contributed by atoms with Gasteiger partial charge < -0.3 is 15.4 Å². The third-order valence-corrected chi connectivity index (χ3v) is 3.64. The number of nitrogens with two attached hydrogens (primary N) is 1. The molecule has 1 saturated heterocycles. The number of ether oxygens (including phenoxy) is 1. The number of likely N-dealkylation sites (tertiary alicyclic amines) is 1. The molecule has 0 aromatic rings. The largest absolute Gasteiger partial charge is 0.378 e. The van der Waals surface area contributed by atoms with Crippen molar-refractivity contribution in [1.82, 2.24) is 4.90 Å². The van der Waals surface area contributed by atoms with E-state index in [1.54, 1.807) is 0 Å². The van der Waals surface area contributed by atoms with Gasteiger partial charge >= 0.3 is 0 Å². The fraction of sp³-hybridized carbons (Fsp3) is 0.846. The van der Waals surface area contributed by atoms with Crippen molar-refractivity contribution in [2.75, 3.05) is 26.2 Å². The predicted octanol–water partition coefficient (Wildman–Crippen LogP) is 1.39. The van der Waals surface area contributed by atoms with E-state index < -0.39 is 0 Å². The van der Waals surface area contributed by atoms with Crippen LogP contribution in [0.1, 0.15) is 26.2 Å². The standard InChI is InChI=1S/C13H24N2O/c1-2-16-13-5-7-15(8-6-13)10-11-3-4-12(14)9-11/h3-4,11-13H,2,5-10,14H2,1H3. The molecule has 2 unspecified atom stereocenters. The van der Waals surface area contributed by atoms with E-state index in [0.29, 0.717) is 18.1 Å². The SMILES string of the molecule is CCOC1CCN(CC2C=CC(N)C2)CC1. The van der Waals surface area contributed by atoms with Crippen molar-refractivity contribution in [3.8, 4) is 0 Å². The third-order valence-electron chi connectivity index (χ3n) is 3.64. The van der Waals surface area contributed by atoms with Gasteiger partial charge in [-0.2, -0.15) is 0 Å². The molecule has 0 aromatic carbocycles. The Kier molecular flexibility index (Phi) is 4.38. The van der Waals surface area contributed by atoms with Crippen LogP contribution >= 0.6 is 0 Å². The molecule has 2 atom stereocenters. The maximum atomic E-state index is 5.87. The van der Waals surface area contributed by atoms with E-state index in [2.05, 4.69) is 24.0 Å². The van der Waals surface area contributed by atoms with E-state index in [0.717, 1.165) is 13.0 Å². The first-order chi connectivity index (χ1) is 7.78. The summed E-state index contributed by atoms with van der Waals surface area (Å²) in [6.45, 7) is 6.49. The quantitative estimate of drug-likeness (QED) is 0.733. The van der Waals surface area contributed by atoms with E-state index in [1.807, 2.05) is 0 Å². The number of hydrogen-bond acceptors (Lipinski definition) is 3. The Morgan fingerprint density at radius 3 is 2.62 bits per heavy atom. The lowest BCUT2D eigenvalue weighted by Crippen LogP contribution is -2.39. The molecule has 1 aliphatic heterocycles. The summed E-state index contributed by atoms with van der Waals surface area (Å²) < 4.78 is 5.66. The van der Waals surface area contributed by atoms with Crippen LogP contribution in [0.3, 0.4) is 0 Å². The van der Waals surface area contributed by atoms with Crippen LogP contribution in [0.5, 0.6) is 0 Å². The fourth-order valence-corrected chi connectivity index (χ4v) is 2.77. The van der Waals surface area contributed by atoms with E-state index in [1.165, 1.54) is 32.5 Å². The third kappa shape index (κ3) is 3.30. The molecule has 0 aromatic heterocycles. The average Bonchev–Trinajstić information content (AvgIpc) is 2.67. The summed E-state index contributed by atoms with van der Waals surface area (Å²) in [6.07, 6.45) is 8.46. The Labute approximate surface area is 98.6 Å². The first-order valence-electron chi connectivity index (χ1n) is 6.55. The van der Waals surface area contributed by atoms with Gasteiger partial charge in [-0.15, -0.1) is 0 Å². The molecule has 0 spiro atoms. The van der Waals surface area contributed by atoms with Gasteiger partial charge in [-0.1, -0.05) is 12.2 Å². The fourth-order valence-electron chi connectivity index (χ4n) is 2.77. The van der Waals surface area contributed by atoms with Crippen LogP contribution in [0.25, 0.3) is 0 Å². The van der Waals surface area contributed by atoms with Crippen molar-refractivity contribution in [3.63, 3.8) is 0 Å². The Bertz CT molecular complexity index is 234. The van der Waals surface area contributed by atoms with Crippen LogP contribution in [-0.2, 0) is 4.74 Å². The number of piperidine rings is 1. The van der Waals surface area contributed by atoms with Gasteiger partial charge in [0.25, 0.3) is 0 Å². The van der Waals surface area contributed by atoms with Gasteiger partial charge in [-0.25, -0.2) is 0 Å². The van der Waals surface area contributed by atoms with Crippen molar-refractivity contribution >= 4 is 0 Å². The summed E-state index contributed by atoms with van der Waals surface area (Å²) in [7, 11) is 0. The van der Waals surface area contributed by atoms with Crippen LogP contribution in [0, 0.1) is 5.92 Å². The van der Waals surface area contributed by atoms with E-state index in [9.17, 15) is 0 Å². The smallest absolute Gasteiger partial charge is 0.0599 e. The molecule has 16 heavy (non-hydrogen) atoms. The van der Waals surface area contributed by atoms with E-state index in [-0.39, 0.29) is 0 Å². The molecule has 2 aliphatic rings. The van der Waals surface area contributed by atoms with E-state index in [4.69, 9.17) is 10.5 Å². The van der Waals surface area contributed by atoms with Crippen LogP contribution in [-0.4, -0.2) is 43.3 Å². The van der Waals surface area contributed by atoms with E-state index >= 15 is 0 Å². The molecule has 0 saturated carbocycles. The average molecular weight is 224 g/mol. The zero-order chi connectivity index (χ0) is 11.4. The predicted molar refractivity (Wildman–Crippen MR) is 66.3 cm³/mol. The zero-order valence-electron chi connectivity index (χ0n) is 10.3. The second-order valence-corrected chi connectivity index (χ2v) is 5.00. The molecular weight excluding hydrogens is 200 g/mol. The molecule has 1 fully saturated rings. The Morgan fingerprint density at radius 2 is 2.06 bits per heavy atom. The normalized spacial score (nSPS) is 32.4. The first kappa shape index (κ1) is 12.1. The lowest BCUT2D eigenvalue weighted by molar-refractivity contribution is 0.0122. The van der Waals surface area contributed by atoms with Crippen molar-refractivity contribution < 1.29 is 4.74 Å². The lowest BCUT2D eigenvalue weighted by atomic mass is 10.0. The summed E-state index contributed by atoms with van der Waals surface area (Å²) in [4.78, 5) is 2.56. The summed E-state index contributed by atoms with van der Waals surface area (Å²) in [6, 6.07) is 0.297. The Morgan fingerprint density at radius 1 is 1.31 bits per heavy atom. The van der Waals surface area contributed by atoms with Crippen molar-refractivity contribution in [2.45, 2.75) is 38.3 Å². The molecular formula is C13H24N2O.